The van der Waals surface area contributed by atoms with Gasteiger partial charge < -0.3 is 10.2 Å². The molecule has 1 aliphatic rings. The van der Waals surface area contributed by atoms with Gasteiger partial charge in [-0.05, 0) is 42.7 Å². The second-order valence-corrected chi connectivity index (χ2v) is 6.36. The summed E-state index contributed by atoms with van der Waals surface area (Å²) in [4.78, 5) is 29.9. The number of pyridine rings is 1. The first-order chi connectivity index (χ1) is 13.0. The molecule has 142 valence electrons. The van der Waals surface area contributed by atoms with E-state index in [1.807, 2.05) is 0 Å². The van der Waals surface area contributed by atoms with Gasteiger partial charge in [-0.3, -0.25) is 14.6 Å². The van der Waals surface area contributed by atoms with E-state index in [1.54, 1.807) is 24.5 Å². The summed E-state index contributed by atoms with van der Waals surface area (Å²) in [7, 11) is 0. The molecule has 2 amide bonds. The summed E-state index contributed by atoms with van der Waals surface area (Å²) in [6.07, 6.45) is 4.12. The third kappa shape index (κ3) is 4.27. The summed E-state index contributed by atoms with van der Waals surface area (Å²) in [6.45, 7) is 0.871. The number of nitrogens with one attached hydrogen (secondary N) is 1. The van der Waals surface area contributed by atoms with Crippen molar-refractivity contribution < 1.29 is 22.8 Å². The summed E-state index contributed by atoms with van der Waals surface area (Å²) < 4.78 is 40.1. The van der Waals surface area contributed by atoms with Gasteiger partial charge in [0.2, 0.25) is 5.91 Å². The SMILES string of the molecule is O=C(NCc1ccncc1)C1CCN(C(=O)c2ccc(F)c(F)c2F)CC1. The lowest BCUT2D eigenvalue weighted by Gasteiger charge is -2.31. The first-order valence-electron chi connectivity index (χ1n) is 8.56. The maximum atomic E-state index is 13.8. The Hall–Kier alpha value is -2.90. The third-order valence-corrected chi connectivity index (χ3v) is 4.63. The molecule has 2 aromatic rings. The molecule has 0 atom stereocenters. The van der Waals surface area contributed by atoms with E-state index in [9.17, 15) is 22.8 Å². The average Bonchev–Trinajstić information content (AvgIpc) is 2.71. The maximum absolute atomic E-state index is 13.8. The lowest BCUT2D eigenvalue weighted by atomic mass is 9.95. The molecule has 1 N–H and O–H groups in total. The standard InChI is InChI=1S/C19H18F3N3O2/c20-15-2-1-14(16(21)17(15)22)19(27)25-9-5-13(6-10-25)18(26)24-11-12-3-7-23-8-4-12/h1-4,7-8,13H,5-6,9-11H2,(H,24,26). The molecule has 1 aromatic heterocycles. The minimum Gasteiger partial charge on any atom is -0.352 e. The predicted octanol–water partition coefficient (Wildman–Crippen LogP) is 2.67. The van der Waals surface area contributed by atoms with Crippen molar-refractivity contribution in [3.8, 4) is 0 Å². The lowest BCUT2D eigenvalue weighted by Crippen LogP contribution is -2.43. The van der Waals surface area contributed by atoms with Gasteiger partial charge in [0.05, 0.1) is 5.56 Å². The highest BCUT2D eigenvalue weighted by atomic mass is 19.2. The maximum Gasteiger partial charge on any atom is 0.256 e. The third-order valence-electron chi connectivity index (χ3n) is 4.63. The fourth-order valence-electron chi connectivity index (χ4n) is 3.04. The molecule has 0 aliphatic carbocycles. The van der Waals surface area contributed by atoms with Crippen LogP contribution in [0, 0.1) is 23.4 Å². The molecule has 1 aromatic carbocycles. The van der Waals surface area contributed by atoms with Crippen LogP contribution < -0.4 is 5.32 Å². The Morgan fingerprint density at radius 2 is 1.70 bits per heavy atom. The molecule has 0 unspecified atom stereocenters. The summed E-state index contributed by atoms with van der Waals surface area (Å²) in [5.74, 6) is -5.57. The average molecular weight is 377 g/mol. The molecule has 0 bridgehead atoms. The molecule has 0 spiro atoms. The number of piperidine rings is 1. The highest BCUT2D eigenvalue weighted by Gasteiger charge is 2.29. The summed E-state index contributed by atoms with van der Waals surface area (Å²) in [5.41, 5.74) is 0.425. The Bertz CT molecular complexity index is 838. The zero-order valence-corrected chi connectivity index (χ0v) is 14.4. The molecule has 1 fully saturated rings. The minimum absolute atomic E-state index is 0.113. The molecule has 3 rings (SSSR count). The van der Waals surface area contributed by atoms with Crippen LogP contribution in [0.4, 0.5) is 13.2 Å². The van der Waals surface area contributed by atoms with Crippen LogP contribution in [0.25, 0.3) is 0 Å². The quantitative estimate of drug-likeness (QED) is 0.834. The highest BCUT2D eigenvalue weighted by Crippen LogP contribution is 2.22. The largest absolute Gasteiger partial charge is 0.352 e. The van der Waals surface area contributed by atoms with E-state index in [0.717, 1.165) is 17.7 Å². The number of amides is 2. The van der Waals surface area contributed by atoms with Crippen LogP contribution in [0.1, 0.15) is 28.8 Å². The number of rotatable bonds is 4. The van der Waals surface area contributed by atoms with Crippen LogP contribution >= 0.6 is 0 Å². The van der Waals surface area contributed by atoms with Gasteiger partial charge in [0.25, 0.3) is 5.91 Å². The van der Waals surface area contributed by atoms with Crippen LogP contribution in [0.5, 0.6) is 0 Å². The van der Waals surface area contributed by atoms with Crippen molar-refractivity contribution in [2.45, 2.75) is 19.4 Å². The van der Waals surface area contributed by atoms with Gasteiger partial charge in [-0.25, -0.2) is 13.2 Å². The van der Waals surface area contributed by atoms with E-state index in [2.05, 4.69) is 10.3 Å². The van der Waals surface area contributed by atoms with Gasteiger partial charge in [0, 0.05) is 37.9 Å². The fraction of sp³-hybridized carbons (Fsp3) is 0.316. The Kier molecular flexibility index (Phi) is 5.73. The van der Waals surface area contributed by atoms with Crippen molar-refractivity contribution >= 4 is 11.8 Å². The van der Waals surface area contributed by atoms with Crippen LogP contribution in [-0.4, -0.2) is 34.8 Å². The number of hydrogen-bond donors (Lipinski definition) is 1. The number of benzene rings is 1. The summed E-state index contributed by atoms with van der Waals surface area (Å²) >= 11 is 0. The molecule has 1 saturated heterocycles. The number of aromatic nitrogens is 1. The normalized spacial score (nSPS) is 14.9. The Morgan fingerprint density at radius 1 is 1.04 bits per heavy atom. The highest BCUT2D eigenvalue weighted by molar-refractivity contribution is 5.94. The van der Waals surface area contributed by atoms with Crippen molar-refractivity contribution in [2.24, 2.45) is 5.92 Å². The predicted molar refractivity (Wildman–Crippen MR) is 91.0 cm³/mol. The van der Waals surface area contributed by atoms with Gasteiger partial charge in [-0.1, -0.05) is 0 Å². The first kappa shape index (κ1) is 18.9. The molecule has 2 heterocycles. The first-order valence-corrected chi connectivity index (χ1v) is 8.56. The summed E-state index contributed by atoms with van der Waals surface area (Å²) in [5, 5.41) is 2.85. The van der Waals surface area contributed by atoms with E-state index in [4.69, 9.17) is 0 Å². The smallest absolute Gasteiger partial charge is 0.256 e. The number of hydrogen-bond acceptors (Lipinski definition) is 3. The van der Waals surface area contributed by atoms with Crippen molar-refractivity contribution in [3.63, 3.8) is 0 Å². The van der Waals surface area contributed by atoms with Gasteiger partial charge in [0.15, 0.2) is 17.5 Å². The molecule has 0 radical (unpaired) electrons. The molecule has 0 saturated carbocycles. The molecular weight excluding hydrogens is 359 g/mol. The number of likely N-dealkylation sites (tertiary alicyclic amines) is 1. The summed E-state index contributed by atoms with van der Waals surface area (Å²) in [6, 6.07) is 5.27. The Morgan fingerprint density at radius 3 is 2.37 bits per heavy atom. The van der Waals surface area contributed by atoms with E-state index >= 15 is 0 Å². The Balaban J connectivity index is 1.54. The number of nitrogens with zero attached hydrogens (tertiary/aromatic N) is 2. The van der Waals surface area contributed by atoms with E-state index in [0.29, 0.717) is 19.4 Å². The second kappa shape index (κ2) is 8.20. The molecule has 1 aliphatic heterocycles. The van der Waals surface area contributed by atoms with E-state index in [1.165, 1.54) is 4.90 Å². The van der Waals surface area contributed by atoms with Crippen molar-refractivity contribution in [1.29, 1.82) is 0 Å². The molecule has 8 heteroatoms. The zero-order chi connectivity index (χ0) is 19.4. The van der Waals surface area contributed by atoms with Crippen LogP contribution in [-0.2, 0) is 11.3 Å². The second-order valence-electron chi connectivity index (χ2n) is 6.36. The van der Waals surface area contributed by atoms with Gasteiger partial charge in [0.1, 0.15) is 0 Å². The monoisotopic (exact) mass is 377 g/mol. The Labute approximate surface area is 154 Å². The molecular formula is C19H18F3N3O2. The molecule has 5 nitrogen and oxygen atoms in total. The van der Waals surface area contributed by atoms with Gasteiger partial charge in [-0.2, -0.15) is 0 Å². The van der Waals surface area contributed by atoms with Gasteiger partial charge in [-0.15, -0.1) is 0 Å². The van der Waals surface area contributed by atoms with E-state index in [-0.39, 0.29) is 24.9 Å². The molecule has 27 heavy (non-hydrogen) atoms. The van der Waals surface area contributed by atoms with Crippen LogP contribution in [0.3, 0.4) is 0 Å². The number of halogens is 3. The van der Waals surface area contributed by atoms with Crippen LogP contribution in [0.2, 0.25) is 0 Å². The fourth-order valence-corrected chi connectivity index (χ4v) is 3.04. The number of carbonyl (C=O) groups is 2. The zero-order valence-electron chi connectivity index (χ0n) is 14.4. The van der Waals surface area contributed by atoms with Crippen molar-refractivity contribution in [1.82, 2.24) is 15.2 Å². The van der Waals surface area contributed by atoms with Crippen molar-refractivity contribution in [3.05, 3.63) is 65.2 Å². The number of carbonyl (C=O) groups excluding carboxylic acids is 2. The van der Waals surface area contributed by atoms with Crippen molar-refractivity contribution in [2.75, 3.05) is 13.1 Å². The van der Waals surface area contributed by atoms with Crippen LogP contribution in [0.15, 0.2) is 36.7 Å². The van der Waals surface area contributed by atoms with Gasteiger partial charge >= 0.3 is 0 Å². The minimum atomic E-state index is -1.66. The topological polar surface area (TPSA) is 62.3 Å². The van der Waals surface area contributed by atoms with E-state index < -0.39 is 28.9 Å². The lowest BCUT2D eigenvalue weighted by molar-refractivity contribution is -0.126.